The van der Waals surface area contributed by atoms with Crippen LogP contribution in [-0.4, -0.2) is 41.3 Å². The summed E-state index contributed by atoms with van der Waals surface area (Å²) in [5, 5.41) is 11.3. The van der Waals surface area contributed by atoms with Crippen molar-refractivity contribution in [3.8, 4) is 0 Å². The number of ether oxygens (including phenoxy) is 1. The van der Waals surface area contributed by atoms with Crippen LogP contribution in [0, 0.1) is 0 Å². The molecule has 15 heavy (non-hydrogen) atoms. The average Bonchev–Trinajstić information content (AvgIpc) is 2.61. The molecule has 1 N–H and O–H groups in total. The van der Waals surface area contributed by atoms with Gasteiger partial charge < -0.3 is 10.1 Å². The zero-order valence-corrected chi connectivity index (χ0v) is 9.73. The molecule has 5 heteroatoms. The minimum atomic E-state index is 0.405. The Labute approximate surface area is 90.8 Å². The quantitative estimate of drug-likeness (QED) is 0.709. The maximum absolute atomic E-state index is 5.15. The molecule has 1 unspecified atom stereocenters. The van der Waals surface area contributed by atoms with E-state index >= 15 is 0 Å². The smallest absolute Gasteiger partial charge is 0.0827 e. The molecule has 0 aliphatic carbocycles. The van der Waals surface area contributed by atoms with E-state index in [1.54, 1.807) is 11.8 Å². The molecule has 1 rings (SSSR count). The number of hydrogen-bond donors (Lipinski definition) is 1. The number of rotatable bonds is 7. The molecule has 0 fully saturated rings. The largest absolute Gasteiger partial charge is 0.383 e. The Kier molecular flexibility index (Phi) is 5.28. The van der Waals surface area contributed by atoms with E-state index in [4.69, 9.17) is 4.74 Å². The third kappa shape index (κ3) is 4.40. The summed E-state index contributed by atoms with van der Waals surface area (Å²) in [6.45, 7) is 3.81. The Morgan fingerprint density at radius 1 is 1.60 bits per heavy atom. The average molecular weight is 212 g/mol. The lowest BCUT2D eigenvalue weighted by Gasteiger charge is -2.15. The van der Waals surface area contributed by atoms with Crippen LogP contribution < -0.4 is 5.32 Å². The summed E-state index contributed by atoms with van der Waals surface area (Å²) in [5.41, 5.74) is 1.04. The predicted octanol–water partition coefficient (Wildman–Crippen LogP) is 0.372. The molecule has 0 saturated heterocycles. The monoisotopic (exact) mass is 212 g/mol. The van der Waals surface area contributed by atoms with E-state index in [2.05, 4.69) is 22.6 Å². The van der Waals surface area contributed by atoms with Crippen molar-refractivity contribution < 1.29 is 4.74 Å². The second kappa shape index (κ2) is 6.53. The first-order valence-electron chi connectivity index (χ1n) is 5.33. The predicted molar refractivity (Wildman–Crippen MR) is 58.7 cm³/mol. The van der Waals surface area contributed by atoms with E-state index in [9.17, 15) is 0 Å². The Morgan fingerprint density at radius 3 is 2.93 bits per heavy atom. The van der Waals surface area contributed by atoms with Gasteiger partial charge in [0, 0.05) is 26.4 Å². The van der Waals surface area contributed by atoms with E-state index in [1.807, 2.05) is 13.2 Å². The zero-order valence-electron chi connectivity index (χ0n) is 9.73. The van der Waals surface area contributed by atoms with Gasteiger partial charge in [0.25, 0.3) is 0 Å². The molecule has 0 amide bonds. The number of nitrogens with zero attached hydrogens (tertiary/aromatic N) is 3. The molecule has 1 aromatic heterocycles. The lowest BCUT2D eigenvalue weighted by molar-refractivity contribution is 0.163. The first-order valence-corrected chi connectivity index (χ1v) is 5.33. The van der Waals surface area contributed by atoms with Crippen molar-refractivity contribution in [2.75, 3.05) is 20.3 Å². The van der Waals surface area contributed by atoms with Crippen LogP contribution in [0.15, 0.2) is 6.20 Å². The van der Waals surface area contributed by atoms with E-state index < -0.39 is 0 Å². The number of likely N-dealkylation sites (N-methyl/N-ethyl adjacent to an activating group) is 1. The van der Waals surface area contributed by atoms with E-state index in [1.165, 1.54) is 0 Å². The van der Waals surface area contributed by atoms with Crippen molar-refractivity contribution in [2.24, 2.45) is 7.05 Å². The third-order valence-electron chi connectivity index (χ3n) is 2.26. The van der Waals surface area contributed by atoms with Gasteiger partial charge in [-0.25, -0.2) is 0 Å². The van der Waals surface area contributed by atoms with E-state index in [0.717, 1.165) is 31.7 Å². The van der Waals surface area contributed by atoms with Crippen molar-refractivity contribution in [2.45, 2.75) is 25.8 Å². The normalized spacial score (nSPS) is 13.0. The van der Waals surface area contributed by atoms with Crippen molar-refractivity contribution in [3.05, 3.63) is 11.9 Å². The number of methoxy groups -OCH3 is 1. The van der Waals surface area contributed by atoms with Gasteiger partial charge in [-0.3, -0.25) is 4.68 Å². The fourth-order valence-corrected chi connectivity index (χ4v) is 1.57. The second-order valence-electron chi connectivity index (χ2n) is 3.63. The molecule has 1 atom stereocenters. The topological polar surface area (TPSA) is 52.0 Å². The second-order valence-corrected chi connectivity index (χ2v) is 3.63. The Morgan fingerprint density at radius 2 is 2.40 bits per heavy atom. The zero-order chi connectivity index (χ0) is 11.1. The van der Waals surface area contributed by atoms with Gasteiger partial charge in [-0.2, -0.15) is 0 Å². The van der Waals surface area contributed by atoms with Gasteiger partial charge in [0.1, 0.15) is 0 Å². The molecule has 1 heterocycles. The van der Waals surface area contributed by atoms with E-state index in [-0.39, 0.29) is 0 Å². The molecular formula is C10H20N4O. The Balaban J connectivity index is 2.32. The van der Waals surface area contributed by atoms with Gasteiger partial charge in [0.2, 0.25) is 0 Å². The van der Waals surface area contributed by atoms with Gasteiger partial charge in [-0.15, -0.1) is 5.10 Å². The molecule has 0 aliphatic heterocycles. The summed E-state index contributed by atoms with van der Waals surface area (Å²) in [6.07, 6.45) is 3.92. The molecule has 0 aromatic carbocycles. The maximum Gasteiger partial charge on any atom is 0.0827 e. The highest BCUT2D eigenvalue weighted by molar-refractivity contribution is 4.92. The maximum atomic E-state index is 5.15. The summed E-state index contributed by atoms with van der Waals surface area (Å²) >= 11 is 0. The highest BCUT2D eigenvalue weighted by atomic mass is 16.5. The van der Waals surface area contributed by atoms with Crippen LogP contribution in [-0.2, 0) is 18.2 Å². The lowest BCUT2D eigenvalue weighted by Crippen LogP contribution is -2.33. The summed E-state index contributed by atoms with van der Waals surface area (Å²) in [5.74, 6) is 0. The van der Waals surface area contributed by atoms with Crippen LogP contribution >= 0.6 is 0 Å². The SMILES string of the molecule is CCNC(CCc1cn(C)nn1)COC. The molecule has 1 aromatic rings. The number of hydrogen-bond acceptors (Lipinski definition) is 4. The lowest BCUT2D eigenvalue weighted by atomic mass is 10.1. The molecule has 5 nitrogen and oxygen atoms in total. The van der Waals surface area contributed by atoms with Crippen LogP contribution in [0.2, 0.25) is 0 Å². The first-order chi connectivity index (χ1) is 7.26. The molecule has 0 saturated carbocycles. The molecule has 0 aliphatic rings. The molecule has 0 bridgehead atoms. The number of aryl methyl sites for hydroxylation is 2. The fourth-order valence-electron chi connectivity index (χ4n) is 1.57. The standard InChI is InChI=1S/C10H20N4O/c1-4-11-10(8-15-3)6-5-9-7-14(2)13-12-9/h7,10-11H,4-6,8H2,1-3H3. The van der Waals surface area contributed by atoms with Crippen molar-refractivity contribution in [1.82, 2.24) is 20.3 Å². The van der Waals surface area contributed by atoms with Gasteiger partial charge in [-0.1, -0.05) is 12.1 Å². The summed E-state index contributed by atoms with van der Waals surface area (Å²) in [6, 6.07) is 0.405. The highest BCUT2D eigenvalue weighted by Crippen LogP contribution is 2.01. The summed E-state index contributed by atoms with van der Waals surface area (Å²) in [4.78, 5) is 0. The molecular weight excluding hydrogens is 192 g/mol. The third-order valence-corrected chi connectivity index (χ3v) is 2.26. The van der Waals surface area contributed by atoms with Crippen LogP contribution in [0.1, 0.15) is 19.0 Å². The fraction of sp³-hybridized carbons (Fsp3) is 0.800. The Bertz CT molecular complexity index is 268. The summed E-state index contributed by atoms with van der Waals surface area (Å²) in [7, 11) is 3.61. The van der Waals surface area contributed by atoms with Crippen molar-refractivity contribution in [3.63, 3.8) is 0 Å². The molecule has 0 radical (unpaired) electrons. The van der Waals surface area contributed by atoms with Crippen molar-refractivity contribution >= 4 is 0 Å². The molecule has 0 spiro atoms. The van der Waals surface area contributed by atoms with Gasteiger partial charge >= 0.3 is 0 Å². The summed E-state index contributed by atoms with van der Waals surface area (Å²) < 4.78 is 6.88. The van der Waals surface area contributed by atoms with Crippen LogP contribution in [0.4, 0.5) is 0 Å². The number of aromatic nitrogens is 3. The van der Waals surface area contributed by atoms with Crippen molar-refractivity contribution in [1.29, 1.82) is 0 Å². The Hall–Kier alpha value is -0.940. The minimum absolute atomic E-state index is 0.405. The first kappa shape index (κ1) is 12.1. The van der Waals surface area contributed by atoms with Crippen LogP contribution in [0.3, 0.4) is 0 Å². The number of nitrogens with one attached hydrogen (secondary N) is 1. The highest BCUT2D eigenvalue weighted by Gasteiger charge is 2.08. The molecule has 86 valence electrons. The van der Waals surface area contributed by atoms with Gasteiger partial charge in [0.15, 0.2) is 0 Å². The van der Waals surface area contributed by atoms with Crippen LogP contribution in [0.5, 0.6) is 0 Å². The minimum Gasteiger partial charge on any atom is -0.383 e. The van der Waals surface area contributed by atoms with Gasteiger partial charge in [0.05, 0.1) is 12.3 Å². The van der Waals surface area contributed by atoms with Crippen LogP contribution in [0.25, 0.3) is 0 Å². The van der Waals surface area contributed by atoms with E-state index in [0.29, 0.717) is 6.04 Å². The van der Waals surface area contributed by atoms with Gasteiger partial charge in [-0.05, 0) is 19.4 Å².